The van der Waals surface area contributed by atoms with Crippen LogP contribution in [0.2, 0.25) is 0 Å². The molecule has 0 heterocycles. The van der Waals surface area contributed by atoms with E-state index in [9.17, 15) is 9.59 Å². The van der Waals surface area contributed by atoms with Crippen LogP contribution in [0.1, 0.15) is 63.6 Å². The zero-order valence-corrected chi connectivity index (χ0v) is 19.6. The van der Waals surface area contributed by atoms with E-state index in [4.69, 9.17) is 4.74 Å². The second-order valence-corrected chi connectivity index (χ2v) is 8.61. The number of benzene rings is 2. The first-order valence-electron chi connectivity index (χ1n) is 11.1. The number of carbonyl (C=O) groups excluding carboxylic acids is 2. The van der Waals surface area contributed by atoms with Crippen molar-refractivity contribution in [1.29, 1.82) is 0 Å². The van der Waals surface area contributed by atoms with Gasteiger partial charge in [-0.05, 0) is 56.4 Å². The Morgan fingerprint density at radius 3 is 2.26 bits per heavy atom. The zero-order chi connectivity index (χ0) is 23.0. The Morgan fingerprint density at radius 1 is 1.03 bits per heavy atom. The SMILES string of the molecule is CCC(C(=O)NC(C)C)N(Cc1cccc(C)c1)C(=O)COc1ccc(C(C)C)cc1. The van der Waals surface area contributed by atoms with Crippen LogP contribution < -0.4 is 10.1 Å². The molecule has 0 saturated carbocycles. The molecule has 0 bridgehead atoms. The smallest absolute Gasteiger partial charge is 0.261 e. The molecule has 2 aromatic carbocycles. The van der Waals surface area contributed by atoms with Gasteiger partial charge in [-0.25, -0.2) is 0 Å². The minimum atomic E-state index is -0.553. The van der Waals surface area contributed by atoms with Gasteiger partial charge in [0.25, 0.3) is 5.91 Å². The summed E-state index contributed by atoms with van der Waals surface area (Å²) in [5.41, 5.74) is 3.33. The van der Waals surface area contributed by atoms with Gasteiger partial charge in [-0.2, -0.15) is 0 Å². The summed E-state index contributed by atoms with van der Waals surface area (Å²) >= 11 is 0. The van der Waals surface area contributed by atoms with Gasteiger partial charge in [-0.3, -0.25) is 9.59 Å². The van der Waals surface area contributed by atoms with Crippen LogP contribution in [0.5, 0.6) is 5.75 Å². The standard InChI is InChI=1S/C26H36N2O3/c1-7-24(26(30)27-19(4)5)28(16-21-10-8-9-20(6)15-21)25(29)17-31-23-13-11-22(12-14-23)18(2)3/h8-15,18-19,24H,7,16-17H2,1-6H3,(H,27,30). The van der Waals surface area contributed by atoms with Crippen molar-refractivity contribution in [3.05, 3.63) is 65.2 Å². The molecule has 0 radical (unpaired) electrons. The summed E-state index contributed by atoms with van der Waals surface area (Å²) in [5.74, 6) is 0.734. The number of amides is 2. The van der Waals surface area contributed by atoms with E-state index in [1.54, 1.807) is 4.90 Å². The second-order valence-electron chi connectivity index (χ2n) is 8.61. The number of nitrogens with one attached hydrogen (secondary N) is 1. The predicted molar refractivity (Wildman–Crippen MR) is 125 cm³/mol. The zero-order valence-electron chi connectivity index (χ0n) is 19.6. The average molecular weight is 425 g/mol. The van der Waals surface area contributed by atoms with Crippen molar-refractivity contribution in [3.63, 3.8) is 0 Å². The molecule has 1 atom stereocenters. The summed E-state index contributed by atoms with van der Waals surface area (Å²) in [6.45, 7) is 12.3. The largest absolute Gasteiger partial charge is 0.484 e. The van der Waals surface area contributed by atoms with E-state index in [0.29, 0.717) is 24.6 Å². The quantitative estimate of drug-likeness (QED) is 0.594. The minimum absolute atomic E-state index is 0.00759. The Morgan fingerprint density at radius 2 is 1.71 bits per heavy atom. The number of ether oxygens (including phenoxy) is 1. The Balaban J connectivity index is 2.18. The van der Waals surface area contributed by atoms with Crippen LogP contribution in [0.3, 0.4) is 0 Å². The van der Waals surface area contributed by atoms with Gasteiger partial charge in [-0.15, -0.1) is 0 Å². The van der Waals surface area contributed by atoms with Crippen molar-refractivity contribution < 1.29 is 14.3 Å². The fourth-order valence-electron chi connectivity index (χ4n) is 3.48. The molecule has 0 aliphatic carbocycles. The number of nitrogens with zero attached hydrogens (tertiary/aromatic N) is 1. The molecule has 0 aromatic heterocycles. The lowest BCUT2D eigenvalue weighted by molar-refractivity contribution is -0.143. The maximum absolute atomic E-state index is 13.2. The molecule has 0 spiro atoms. The third kappa shape index (κ3) is 7.42. The van der Waals surface area contributed by atoms with Crippen LogP contribution in [0.4, 0.5) is 0 Å². The summed E-state index contributed by atoms with van der Waals surface area (Å²) in [7, 11) is 0. The molecule has 5 nitrogen and oxygen atoms in total. The van der Waals surface area contributed by atoms with Crippen LogP contribution in [-0.4, -0.2) is 35.4 Å². The van der Waals surface area contributed by atoms with E-state index in [-0.39, 0.29) is 24.5 Å². The lowest BCUT2D eigenvalue weighted by Gasteiger charge is -2.31. The van der Waals surface area contributed by atoms with Crippen LogP contribution in [0.15, 0.2) is 48.5 Å². The summed E-state index contributed by atoms with van der Waals surface area (Å²) in [5, 5.41) is 2.94. The van der Waals surface area contributed by atoms with E-state index < -0.39 is 6.04 Å². The molecule has 5 heteroatoms. The van der Waals surface area contributed by atoms with Crippen LogP contribution in [0.25, 0.3) is 0 Å². The van der Waals surface area contributed by atoms with Gasteiger partial charge in [-0.1, -0.05) is 62.7 Å². The molecule has 2 rings (SSSR count). The Kier molecular flexibility index (Phi) is 9.10. The number of hydrogen-bond donors (Lipinski definition) is 1. The van der Waals surface area contributed by atoms with Gasteiger partial charge in [0, 0.05) is 12.6 Å². The van der Waals surface area contributed by atoms with Crippen LogP contribution in [-0.2, 0) is 16.1 Å². The number of hydrogen-bond acceptors (Lipinski definition) is 3. The van der Waals surface area contributed by atoms with Gasteiger partial charge < -0.3 is 15.0 Å². The highest BCUT2D eigenvalue weighted by atomic mass is 16.5. The molecule has 31 heavy (non-hydrogen) atoms. The summed E-state index contributed by atoms with van der Waals surface area (Å²) < 4.78 is 5.78. The molecule has 2 amide bonds. The molecule has 168 valence electrons. The first-order valence-corrected chi connectivity index (χ1v) is 11.1. The van der Waals surface area contributed by atoms with Crippen molar-refractivity contribution in [2.24, 2.45) is 0 Å². The Labute approximate surface area is 186 Å². The summed E-state index contributed by atoms with van der Waals surface area (Å²) in [6, 6.07) is 15.3. The van der Waals surface area contributed by atoms with E-state index in [0.717, 1.165) is 11.1 Å². The number of carbonyl (C=O) groups is 2. The lowest BCUT2D eigenvalue weighted by atomic mass is 10.0. The maximum atomic E-state index is 13.2. The normalized spacial score (nSPS) is 12.0. The molecule has 0 aliphatic rings. The molecule has 2 aromatic rings. The first kappa shape index (κ1) is 24.4. The highest BCUT2D eigenvalue weighted by Crippen LogP contribution is 2.19. The lowest BCUT2D eigenvalue weighted by Crippen LogP contribution is -2.51. The molecule has 0 aliphatic heterocycles. The molecule has 1 N–H and O–H groups in total. The van der Waals surface area contributed by atoms with E-state index in [1.165, 1.54) is 5.56 Å². The highest BCUT2D eigenvalue weighted by molar-refractivity contribution is 5.88. The van der Waals surface area contributed by atoms with Crippen molar-refractivity contribution in [3.8, 4) is 5.75 Å². The van der Waals surface area contributed by atoms with E-state index in [1.807, 2.05) is 76.2 Å². The summed E-state index contributed by atoms with van der Waals surface area (Å²) in [6.07, 6.45) is 0.527. The molecular weight excluding hydrogens is 388 g/mol. The minimum Gasteiger partial charge on any atom is -0.484 e. The third-order valence-corrected chi connectivity index (χ3v) is 5.16. The topological polar surface area (TPSA) is 58.6 Å². The van der Waals surface area contributed by atoms with Gasteiger partial charge >= 0.3 is 0 Å². The fraction of sp³-hybridized carbons (Fsp3) is 0.462. The van der Waals surface area contributed by atoms with Gasteiger partial charge in [0.2, 0.25) is 5.91 Å². The Bertz CT molecular complexity index is 859. The first-order chi connectivity index (χ1) is 14.7. The van der Waals surface area contributed by atoms with E-state index in [2.05, 4.69) is 19.2 Å². The Hall–Kier alpha value is -2.82. The molecule has 0 saturated heterocycles. The molecule has 0 fully saturated rings. The van der Waals surface area contributed by atoms with Crippen LogP contribution in [0, 0.1) is 6.92 Å². The predicted octanol–water partition coefficient (Wildman–Crippen LogP) is 4.83. The molecular formula is C26H36N2O3. The average Bonchev–Trinajstić information content (AvgIpc) is 2.71. The van der Waals surface area contributed by atoms with Crippen LogP contribution >= 0.6 is 0 Å². The monoisotopic (exact) mass is 424 g/mol. The number of rotatable bonds is 10. The van der Waals surface area contributed by atoms with Crippen molar-refractivity contribution in [2.75, 3.05) is 6.61 Å². The van der Waals surface area contributed by atoms with Gasteiger partial charge in [0.15, 0.2) is 6.61 Å². The van der Waals surface area contributed by atoms with Crippen molar-refractivity contribution >= 4 is 11.8 Å². The van der Waals surface area contributed by atoms with Crippen molar-refractivity contribution in [2.45, 2.75) is 72.5 Å². The van der Waals surface area contributed by atoms with Crippen molar-refractivity contribution in [1.82, 2.24) is 10.2 Å². The second kappa shape index (κ2) is 11.5. The van der Waals surface area contributed by atoms with Gasteiger partial charge in [0.05, 0.1) is 0 Å². The fourth-order valence-corrected chi connectivity index (χ4v) is 3.48. The maximum Gasteiger partial charge on any atom is 0.261 e. The highest BCUT2D eigenvalue weighted by Gasteiger charge is 2.29. The molecule has 1 unspecified atom stereocenters. The third-order valence-electron chi connectivity index (χ3n) is 5.16. The van der Waals surface area contributed by atoms with Gasteiger partial charge in [0.1, 0.15) is 11.8 Å². The van der Waals surface area contributed by atoms with E-state index >= 15 is 0 Å². The summed E-state index contributed by atoms with van der Waals surface area (Å²) in [4.78, 5) is 27.6. The number of aryl methyl sites for hydroxylation is 1.